The number of rotatable bonds is 7. The van der Waals surface area contributed by atoms with E-state index in [9.17, 15) is 4.79 Å². The van der Waals surface area contributed by atoms with E-state index < -0.39 is 7.45 Å². The minimum absolute atomic E-state index is 0.146. The highest BCUT2D eigenvalue weighted by molar-refractivity contribution is 8.42. The maximum atomic E-state index is 11.3. The van der Waals surface area contributed by atoms with E-state index in [1.807, 2.05) is 7.05 Å². The summed E-state index contributed by atoms with van der Waals surface area (Å²) in [5.41, 5.74) is 0. The van der Waals surface area contributed by atoms with Crippen molar-refractivity contribution in [3.8, 4) is 0 Å². The van der Waals surface area contributed by atoms with E-state index in [0.717, 1.165) is 6.54 Å². The second-order valence-corrected chi connectivity index (χ2v) is 10.4. The van der Waals surface area contributed by atoms with Crippen molar-refractivity contribution in [2.45, 2.75) is 13.0 Å². The number of nitrogens with zero attached hydrogens (tertiary/aromatic N) is 1. The molecule has 5 atom stereocenters. The second kappa shape index (κ2) is 9.56. The van der Waals surface area contributed by atoms with Crippen molar-refractivity contribution in [2.24, 2.45) is 0 Å². The Balaban J connectivity index is 4.09. The molecule has 9 heteroatoms. The summed E-state index contributed by atoms with van der Waals surface area (Å²) < 4.78 is 7.02. The highest BCUT2D eigenvalue weighted by atomic mass is 32.4. The van der Waals surface area contributed by atoms with Crippen LogP contribution in [-0.2, 0) is 9.32 Å². The van der Waals surface area contributed by atoms with Crippen molar-refractivity contribution in [1.29, 1.82) is 0 Å². The van der Waals surface area contributed by atoms with Gasteiger partial charge in [0.15, 0.2) is 0 Å². The molecule has 4 nitrogen and oxygen atoms in total. The first-order valence-corrected chi connectivity index (χ1v) is 11.6. The smallest absolute Gasteiger partial charge is 0.323 e. The first-order chi connectivity index (χ1) is 7.01. The van der Waals surface area contributed by atoms with Gasteiger partial charge in [0, 0.05) is 20.0 Å². The van der Waals surface area contributed by atoms with E-state index in [0.29, 0.717) is 12.6 Å². The molecule has 0 aromatic rings. The summed E-state index contributed by atoms with van der Waals surface area (Å²) in [4.78, 5) is 11.3. The fraction of sp³-hybridized carbons (Fsp3) is 0.833. The summed E-state index contributed by atoms with van der Waals surface area (Å²) in [5, 5.41) is 3.15. The molecule has 1 N–H and O–H groups in total. The van der Waals surface area contributed by atoms with Gasteiger partial charge in [0.25, 0.3) is 0 Å². The van der Waals surface area contributed by atoms with Crippen LogP contribution in [0, 0.1) is 0 Å². The lowest BCUT2D eigenvalue weighted by Gasteiger charge is -2.27. The number of carbonyl (C=O) groups excluding carboxylic acids is 1. The highest BCUT2D eigenvalue weighted by Gasteiger charge is 2.16. The van der Waals surface area contributed by atoms with Gasteiger partial charge < -0.3 is 9.84 Å². The number of likely N-dealkylation sites (N-methyl/N-ethyl adjacent to an activating group) is 1. The van der Waals surface area contributed by atoms with Gasteiger partial charge in [-0.2, -0.15) is 0 Å². The standard InChI is InChI=1S/C6H19N2O2P5/c1-5(7-2)3-8(15(12)13)4-6(9)10-14-11/h5,7,14H,3-4,11-13H2,1-2H3. The lowest BCUT2D eigenvalue weighted by Crippen LogP contribution is -2.36. The van der Waals surface area contributed by atoms with E-state index in [1.54, 1.807) is 0 Å². The van der Waals surface area contributed by atoms with Crippen LogP contribution in [0.4, 0.5) is 0 Å². The van der Waals surface area contributed by atoms with Crippen molar-refractivity contribution in [1.82, 2.24) is 9.99 Å². The monoisotopic (exact) mass is 306 g/mol. The molecule has 5 unspecified atom stereocenters. The lowest BCUT2D eigenvalue weighted by atomic mass is 10.3. The predicted molar refractivity (Wildman–Crippen MR) is 80.6 cm³/mol. The zero-order chi connectivity index (χ0) is 11.8. The lowest BCUT2D eigenvalue weighted by molar-refractivity contribution is -0.133. The molecule has 0 radical (unpaired) electrons. The SMILES string of the molecule is CNC(C)CN(CC(=O)OPP)P(P)P. The normalized spacial score (nSPS) is 14.1. The number of nitrogens with one attached hydrogen (secondary N) is 1. The van der Waals surface area contributed by atoms with Gasteiger partial charge in [-0.15, -0.1) is 0 Å². The van der Waals surface area contributed by atoms with Crippen LogP contribution in [0.1, 0.15) is 6.92 Å². The Hall–Kier alpha value is 1.54. The van der Waals surface area contributed by atoms with Crippen LogP contribution >= 0.6 is 42.7 Å². The maximum absolute atomic E-state index is 11.3. The minimum atomic E-state index is -0.423. The van der Waals surface area contributed by atoms with Crippen LogP contribution in [0.3, 0.4) is 0 Å². The Labute approximate surface area is 101 Å². The zero-order valence-corrected chi connectivity index (χ0v) is 14.3. The summed E-state index contributed by atoms with van der Waals surface area (Å²) in [7, 11) is 9.49. The summed E-state index contributed by atoms with van der Waals surface area (Å²) >= 11 is 0. The van der Waals surface area contributed by atoms with Crippen LogP contribution in [-0.4, -0.2) is 36.8 Å². The Morgan fingerprint density at radius 1 is 1.67 bits per heavy atom. The zero-order valence-electron chi connectivity index (χ0n) is 8.93. The van der Waals surface area contributed by atoms with Crippen LogP contribution < -0.4 is 5.32 Å². The van der Waals surface area contributed by atoms with Crippen molar-refractivity contribution < 1.29 is 9.32 Å². The molecule has 90 valence electrons. The van der Waals surface area contributed by atoms with Gasteiger partial charge in [-0.25, -0.2) is 0 Å². The molecule has 0 spiro atoms. The largest absolute Gasteiger partial charge is 0.443 e. The molecule has 0 aromatic carbocycles. The van der Waals surface area contributed by atoms with Crippen LogP contribution in [0.5, 0.6) is 0 Å². The fourth-order valence-corrected chi connectivity index (χ4v) is 3.25. The van der Waals surface area contributed by atoms with Gasteiger partial charge in [-0.05, 0) is 14.0 Å². The number of hydrogen-bond donors (Lipinski definition) is 1. The van der Waals surface area contributed by atoms with Gasteiger partial charge in [0.05, 0.1) is 8.50 Å². The van der Waals surface area contributed by atoms with Gasteiger partial charge in [-0.3, -0.25) is 9.46 Å². The van der Waals surface area contributed by atoms with Crippen molar-refractivity contribution in [3.63, 3.8) is 0 Å². The van der Waals surface area contributed by atoms with E-state index in [1.165, 1.54) is 0 Å². The third-order valence-electron chi connectivity index (χ3n) is 1.79. The van der Waals surface area contributed by atoms with Crippen LogP contribution in [0.15, 0.2) is 0 Å². The third kappa shape index (κ3) is 8.29. The molecule has 0 fully saturated rings. The molecule has 0 saturated carbocycles. The molecule has 0 aromatic heterocycles. The Kier molecular flexibility index (Phi) is 10.5. The summed E-state index contributed by atoms with van der Waals surface area (Å²) in [6.45, 7) is 3.28. The first-order valence-electron chi connectivity index (χ1n) is 4.38. The number of hydrogen-bond acceptors (Lipinski definition) is 4. The van der Waals surface area contributed by atoms with E-state index in [4.69, 9.17) is 4.52 Å². The Bertz CT molecular complexity index is 194. The molecule has 15 heavy (non-hydrogen) atoms. The quantitative estimate of drug-likeness (QED) is 0.728. The van der Waals surface area contributed by atoms with E-state index in [2.05, 4.69) is 43.7 Å². The molecule has 0 aliphatic heterocycles. The summed E-state index contributed by atoms with van der Waals surface area (Å²) in [6, 6.07) is 0.363. The average Bonchev–Trinajstić information content (AvgIpc) is 2.16. The van der Waals surface area contributed by atoms with Crippen molar-refractivity contribution >= 4 is 48.7 Å². The van der Waals surface area contributed by atoms with Gasteiger partial charge in [-0.1, -0.05) is 26.8 Å². The Morgan fingerprint density at radius 3 is 2.67 bits per heavy atom. The predicted octanol–water partition coefficient (Wildman–Crippen LogP) is 1.80. The fourth-order valence-electron chi connectivity index (χ4n) is 0.895. The van der Waals surface area contributed by atoms with Gasteiger partial charge >= 0.3 is 5.97 Å². The molecule has 0 aliphatic carbocycles. The second-order valence-electron chi connectivity index (χ2n) is 3.01. The summed E-state index contributed by atoms with van der Waals surface area (Å²) in [6.07, 6.45) is 0. The van der Waals surface area contributed by atoms with Gasteiger partial charge in [0.1, 0.15) is 6.54 Å². The first kappa shape index (κ1) is 16.5. The Morgan fingerprint density at radius 2 is 2.27 bits per heavy atom. The van der Waals surface area contributed by atoms with Crippen molar-refractivity contribution in [3.05, 3.63) is 0 Å². The third-order valence-corrected chi connectivity index (χ3v) is 5.40. The molecule has 0 rings (SSSR count). The molecular formula is C6H19N2O2P5. The molecule has 0 amide bonds. The molecule has 0 saturated heterocycles. The molecule has 0 aliphatic rings. The van der Waals surface area contributed by atoms with Gasteiger partial charge in [0.2, 0.25) is 0 Å². The maximum Gasteiger partial charge on any atom is 0.323 e. The summed E-state index contributed by atoms with van der Waals surface area (Å²) in [5.74, 6) is -0.163. The minimum Gasteiger partial charge on any atom is -0.443 e. The topological polar surface area (TPSA) is 41.6 Å². The van der Waals surface area contributed by atoms with Crippen molar-refractivity contribution in [2.75, 3.05) is 20.1 Å². The van der Waals surface area contributed by atoms with E-state index >= 15 is 0 Å². The number of carbonyl (C=O) groups is 1. The van der Waals surface area contributed by atoms with Crippen LogP contribution in [0.25, 0.3) is 0 Å². The molecule has 0 bridgehead atoms. The highest BCUT2D eigenvalue weighted by Crippen LogP contribution is 2.55. The molecule has 0 heterocycles. The average molecular weight is 306 g/mol. The molecular weight excluding hydrogens is 287 g/mol. The van der Waals surface area contributed by atoms with E-state index in [-0.39, 0.29) is 14.5 Å². The van der Waals surface area contributed by atoms with Crippen LogP contribution in [0.2, 0.25) is 0 Å².